The molecule has 1 fully saturated rings. The Labute approximate surface area is 131 Å². The number of aromatic nitrogens is 3. The van der Waals surface area contributed by atoms with Crippen LogP contribution in [-0.2, 0) is 4.74 Å². The normalized spacial score (nSPS) is 15.4. The lowest BCUT2D eigenvalue weighted by Gasteiger charge is -2.19. The molecule has 1 N–H and O–H groups in total. The Kier molecular flexibility index (Phi) is 6.45. The van der Waals surface area contributed by atoms with Gasteiger partial charge in [-0.3, -0.25) is 0 Å². The van der Waals surface area contributed by atoms with Gasteiger partial charge in [0, 0.05) is 19.6 Å². The molecular weight excluding hydrogens is 290 g/mol. The summed E-state index contributed by atoms with van der Waals surface area (Å²) in [5.74, 6) is 1.12. The van der Waals surface area contributed by atoms with E-state index in [9.17, 15) is 0 Å². The lowest BCUT2D eigenvalue weighted by atomic mass is 10.3. The average molecular weight is 314 g/mol. The molecule has 1 heterocycles. The quantitative estimate of drug-likeness (QED) is 0.745. The number of hydrogen-bond donors (Lipinski definition) is 1. The zero-order valence-electron chi connectivity index (χ0n) is 12.8. The van der Waals surface area contributed by atoms with E-state index in [4.69, 9.17) is 16.3 Å². The second kappa shape index (κ2) is 8.34. The van der Waals surface area contributed by atoms with Crippen molar-refractivity contribution in [2.45, 2.75) is 45.6 Å². The molecule has 0 aromatic carbocycles. The number of halogens is 1. The van der Waals surface area contributed by atoms with Crippen LogP contribution in [0.15, 0.2) is 0 Å². The molecule has 2 rings (SSSR count). The van der Waals surface area contributed by atoms with E-state index in [0.717, 1.165) is 13.1 Å². The van der Waals surface area contributed by atoms with Crippen molar-refractivity contribution in [1.82, 2.24) is 15.0 Å². The SMILES string of the molecule is CCN(CC)c1nc(Cl)nc(NCCOC2CCCC2)n1. The first-order valence-corrected chi connectivity index (χ1v) is 8.12. The Balaban J connectivity index is 1.84. The van der Waals surface area contributed by atoms with E-state index >= 15 is 0 Å². The van der Waals surface area contributed by atoms with Crippen LogP contribution in [0.2, 0.25) is 5.28 Å². The van der Waals surface area contributed by atoms with Crippen LogP contribution < -0.4 is 10.2 Å². The maximum Gasteiger partial charge on any atom is 0.231 e. The van der Waals surface area contributed by atoms with Gasteiger partial charge in [0.25, 0.3) is 0 Å². The van der Waals surface area contributed by atoms with Crippen molar-refractivity contribution in [2.24, 2.45) is 0 Å². The molecule has 0 radical (unpaired) electrons. The van der Waals surface area contributed by atoms with Crippen molar-refractivity contribution in [1.29, 1.82) is 0 Å². The van der Waals surface area contributed by atoms with E-state index in [1.807, 2.05) is 4.90 Å². The fraction of sp³-hybridized carbons (Fsp3) is 0.786. The molecule has 0 spiro atoms. The zero-order valence-corrected chi connectivity index (χ0v) is 13.6. The monoisotopic (exact) mass is 313 g/mol. The first-order chi connectivity index (χ1) is 10.2. The molecule has 6 nitrogen and oxygen atoms in total. The topological polar surface area (TPSA) is 63.2 Å². The lowest BCUT2D eigenvalue weighted by Crippen LogP contribution is -2.25. The highest BCUT2D eigenvalue weighted by Gasteiger charge is 2.15. The molecule has 1 aromatic rings. The molecule has 0 saturated heterocycles. The van der Waals surface area contributed by atoms with E-state index in [1.165, 1.54) is 25.7 Å². The highest BCUT2D eigenvalue weighted by Crippen LogP contribution is 2.20. The molecule has 0 amide bonds. The van der Waals surface area contributed by atoms with Gasteiger partial charge < -0.3 is 15.0 Å². The molecule has 0 bridgehead atoms. The van der Waals surface area contributed by atoms with E-state index < -0.39 is 0 Å². The number of anilines is 2. The zero-order chi connectivity index (χ0) is 15.1. The van der Waals surface area contributed by atoms with Crippen molar-refractivity contribution >= 4 is 23.5 Å². The molecule has 118 valence electrons. The van der Waals surface area contributed by atoms with Crippen LogP contribution in [0, 0.1) is 0 Å². The van der Waals surface area contributed by atoms with Gasteiger partial charge in [-0.05, 0) is 38.3 Å². The molecule has 7 heteroatoms. The summed E-state index contributed by atoms with van der Waals surface area (Å²) >= 11 is 5.96. The summed E-state index contributed by atoms with van der Waals surface area (Å²) in [6, 6.07) is 0. The molecule has 1 aliphatic rings. The van der Waals surface area contributed by atoms with Crippen molar-refractivity contribution in [3.05, 3.63) is 5.28 Å². The van der Waals surface area contributed by atoms with E-state index in [2.05, 4.69) is 34.1 Å². The Bertz CT molecular complexity index is 435. The third-order valence-corrected chi connectivity index (χ3v) is 3.85. The Morgan fingerprint density at radius 1 is 1.19 bits per heavy atom. The largest absolute Gasteiger partial charge is 0.376 e. The molecule has 1 aromatic heterocycles. The van der Waals surface area contributed by atoms with E-state index in [0.29, 0.717) is 31.2 Å². The minimum absolute atomic E-state index is 0.214. The summed E-state index contributed by atoms with van der Waals surface area (Å²) in [5, 5.41) is 3.37. The average Bonchev–Trinajstić information content (AvgIpc) is 2.98. The Hall–Kier alpha value is -1.14. The van der Waals surface area contributed by atoms with Gasteiger partial charge >= 0.3 is 0 Å². The van der Waals surface area contributed by atoms with Gasteiger partial charge in [-0.2, -0.15) is 15.0 Å². The van der Waals surface area contributed by atoms with Crippen LogP contribution in [0.5, 0.6) is 0 Å². The van der Waals surface area contributed by atoms with E-state index in [1.54, 1.807) is 0 Å². The molecular formula is C14H24ClN5O. The number of nitrogens with one attached hydrogen (secondary N) is 1. The smallest absolute Gasteiger partial charge is 0.231 e. The van der Waals surface area contributed by atoms with Gasteiger partial charge in [0.15, 0.2) is 0 Å². The first-order valence-electron chi connectivity index (χ1n) is 7.75. The van der Waals surface area contributed by atoms with Crippen molar-refractivity contribution in [2.75, 3.05) is 36.5 Å². The van der Waals surface area contributed by atoms with Gasteiger partial charge in [-0.1, -0.05) is 12.8 Å². The van der Waals surface area contributed by atoms with Crippen molar-refractivity contribution in [3.63, 3.8) is 0 Å². The number of rotatable bonds is 8. The van der Waals surface area contributed by atoms with Crippen LogP contribution in [0.25, 0.3) is 0 Å². The third kappa shape index (κ3) is 4.97. The maximum absolute atomic E-state index is 5.96. The summed E-state index contributed by atoms with van der Waals surface area (Å²) in [4.78, 5) is 14.7. The fourth-order valence-corrected chi connectivity index (χ4v) is 2.67. The summed E-state index contributed by atoms with van der Waals surface area (Å²) in [7, 11) is 0. The fourth-order valence-electron chi connectivity index (χ4n) is 2.51. The predicted molar refractivity (Wildman–Crippen MR) is 85.1 cm³/mol. The molecule has 1 aliphatic carbocycles. The minimum Gasteiger partial charge on any atom is -0.376 e. The second-order valence-electron chi connectivity index (χ2n) is 5.10. The van der Waals surface area contributed by atoms with E-state index in [-0.39, 0.29) is 5.28 Å². The molecule has 1 saturated carbocycles. The van der Waals surface area contributed by atoms with Gasteiger partial charge in [0.2, 0.25) is 17.2 Å². The van der Waals surface area contributed by atoms with Crippen LogP contribution in [0.3, 0.4) is 0 Å². The lowest BCUT2D eigenvalue weighted by molar-refractivity contribution is 0.0658. The Morgan fingerprint density at radius 2 is 1.90 bits per heavy atom. The van der Waals surface area contributed by atoms with Gasteiger partial charge in [0.05, 0.1) is 12.7 Å². The predicted octanol–water partition coefficient (Wildman–Crippen LogP) is 2.74. The van der Waals surface area contributed by atoms with Gasteiger partial charge in [-0.25, -0.2) is 0 Å². The van der Waals surface area contributed by atoms with Crippen LogP contribution in [0.1, 0.15) is 39.5 Å². The van der Waals surface area contributed by atoms with Crippen LogP contribution in [-0.4, -0.2) is 47.3 Å². The highest BCUT2D eigenvalue weighted by molar-refractivity contribution is 6.28. The standard InChI is InChI=1S/C14H24ClN5O/c1-3-20(4-2)14-18-12(15)17-13(19-14)16-9-10-21-11-7-5-6-8-11/h11H,3-10H2,1-2H3,(H,16,17,18,19). The molecule has 0 atom stereocenters. The van der Waals surface area contributed by atoms with Crippen LogP contribution >= 0.6 is 11.6 Å². The van der Waals surface area contributed by atoms with Crippen LogP contribution in [0.4, 0.5) is 11.9 Å². The number of ether oxygens (including phenoxy) is 1. The summed E-state index contributed by atoms with van der Waals surface area (Å²) in [6.45, 7) is 7.12. The highest BCUT2D eigenvalue weighted by atomic mass is 35.5. The minimum atomic E-state index is 0.214. The van der Waals surface area contributed by atoms with Gasteiger partial charge in [-0.15, -0.1) is 0 Å². The van der Waals surface area contributed by atoms with Crippen molar-refractivity contribution < 1.29 is 4.74 Å². The summed E-state index contributed by atoms with van der Waals surface area (Å²) in [6.07, 6.45) is 5.37. The third-order valence-electron chi connectivity index (χ3n) is 3.68. The summed E-state index contributed by atoms with van der Waals surface area (Å²) < 4.78 is 5.80. The molecule has 0 aliphatic heterocycles. The summed E-state index contributed by atoms with van der Waals surface area (Å²) in [5.41, 5.74) is 0. The molecule has 0 unspecified atom stereocenters. The Morgan fingerprint density at radius 3 is 2.57 bits per heavy atom. The number of nitrogens with zero attached hydrogens (tertiary/aromatic N) is 4. The first kappa shape index (κ1) is 16.2. The second-order valence-corrected chi connectivity index (χ2v) is 5.44. The maximum atomic E-state index is 5.96. The molecule has 21 heavy (non-hydrogen) atoms. The number of hydrogen-bond acceptors (Lipinski definition) is 6. The van der Waals surface area contributed by atoms with Gasteiger partial charge in [0.1, 0.15) is 0 Å². The van der Waals surface area contributed by atoms with Crippen molar-refractivity contribution in [3.8, 4) is 0 Å².